The van der Waals surface area contributed by atoms with Gasteiger partial charge in [-0.05, 0) is 39.8 Å². The monoisotopic (exact) mass is 236 g/mol. The summed E-state index contributed by atoms with van der Waals surface area (Å²) in [6.07, 6.45) is 2.18. The van der Waals surface area contributed by atoms with Gasteiger partial charge in [-0.1, -0.05) is 13.8 Å². The van der Waals surface area contributed by atoms with Crippen molar-refractivity contribution in [2.75, 3.05) is 13.6 Å². The van der Waals surface area contributed by atoms with E-state index in [1.165, 1.54) is 0 Å². The van der Waals surface area contributed by atoms with Crippen molar-refractivity contribution in [3.8, 4) is 0 Å². The van der Waals surface area contributed by atoms with E-state index in [1.54, 1.807) is 0 Å². The van der Waals surface area contributed by atoms with Gasteiger partial charge in [-0.3, -0.25) is 9.69 Å². The van der Waals surface area contributed by atoms with Crippen molar-refractivity contribution in [2.45, 2.75) is 46.6 Å². The van der Waals surface area contributed by atoms with E-state index in [0.29, 0.717) is 12.6 Å². The SMILES string of the molecule is CCC(CC)N(C)CC(=O)c1cc(C)[nH]c1C. The Hall–Kier alpha value is -1.09. The number of rotatable bonds is 6. The van der Waals surface area contributed by atoms with Crippen molar-refractivity contribution in [1.82, 2.24) is 9.88 Å². The van der Waals surface area contributed by atoms with Gasteiger partial charge >= 0.3 is 0 Å². The topological polar surface area (TPSA) is 36.1 Å². The summed E-state index contributed by atoms with van der Waals surface area (Å²) in [6.45, 7) is 8.78. The van der Waals surface area contributed by atoms with E-state index in [1.807, 2.05) is 27.0 Å². The molecule has 0 radical (unpaired) electrons. The third-order valence-corrected chi connectivity index (χ3v) is 3.41. The molecule has 1 N–H and O–H groups in total. The molecule has 3 nitrogen and oxygen atoms in total. The minimum atomic E-state index is 0.209. The summed E-state index contributed by atoms with van der Waals surface area (Å²) in [5, 5.41) is 0. The summed E-state index contributed by atoms with van der Waals surface area (Å²) >= 11 is 0. The first kappa shape index (κ1) is 14.0. The highest BCUT2D eigenvalue weighted by Crippen LogP contribution is 2.12. The molecule has 0 spiro atoms. The Labute approximate surface area is 104 Å². The van der Waals surface area contributed by atoms with Crippen LogP contribution in [-0.2, 0) is 0 Å². The van der Waals surface area contributed by atoms with Crippen molar-refractivity contribution >= 4 is 5.78 Å². The van der Waals surface area contributed by atoms with Crippen LogP contribution >= 0.6 is 0 Å². The van der Waals surface area contributed by atoms with Gasteiger partial charge in [0.15, 0.2) is 5.78 Å². The first-order valence-electron chi connectivity index (χ1n) is 6.39. The molecule has 17 heavy (non-hydrogen) atoms. The number of aromatic amines is 1. The summed E-state index contributed by atoms with van der Waals surface area (Å²) in [5.41, 5.74) is 2.86. The maximum absolute atomic E-state index is 12.2. The van der Waals surface area contributed by atoms with Gasteiger partial charge in [0.1, 0.15) is 0 Å². The highest BCUT2D eigenvalue weighted by molar-refractivity contribution is 5.98. The second kappa shape index (κ2) is 6.01. The van der Waals surface area contributed by atoms with Crippen LogP contribution in [0.3, 0.4) is 0 Å². The lowest BCUT2D eigenvalue weighted by Gasteiger charge is -2.25. The molecule has 0 fully saturated rings. The molecule has 0 saturated heterocycles. The van der Waals surface area contributed by atoms with Crippen LogP contribution in [0.5, 0.6) is 0 Å². The lowest BCUT2D eigenvalue weighted by Crippen LogP contribution is -2.35. The van der Waals surface area contributed by atoms with E-state index >= 15 is 0 Å². The minimum Gasteiger partial charge on any atom is -0.362 e. The fourth-order valence-electron chi connectivity index (χ4n) is 2.37. The summed E-state index contributed by atoms with van der Waals surface area (Å²) in [7, 11) is 2.03. The quantitative estimate of drug-likeness (QED) is 0.771. The van der Waals surface area contributed by atoms with Gasteiger partial charge in [-0.25, -0.2) is 0 Å². The first-order valence-corrected chi connectivity index (χ1v) is 6.39. The number of hydrogen-bond donors (Lipinski definition) is 1. The smallest absolute Gasteiger partial charge is 0.178 e. The largest absolute Gasteiger partial charge is 0.362 e. The van der Waals surface area contributed by atoms with Crippen LogP contribution in [-0.4, -0.2) is 35.3 Å². The molecule has 1 rings (SSSR count). The standard InChI is InChI=1S/C14H24N2O/c1-6-12(7-2)16(5)9-14(17)13-8-10(3)15-11(13)4/h8,12,15H,6-7,9H2,1-5H3. The van der Waals surface area contributed by atoms with Crippen LogP contribution < -0.4 is 0 Å². The Kier molecular flexibility index (Phi) is 4.94. The number of H-pyrrole nitrogens is 1. The molecule has 0 bridgehead atoms. The molecular formula is C14H24N2O. The zero-order valence-corrected chi connectivity index (χ0v) is 11.6. The maximum atomic E-state index is 12.2. The minimum absolute atomic E-state index is 0.209. The predicted octanol–water partition coefficient (Wildman–Crippen LogP) is 2.93. The Balaban J connectivity index is 2.69. The molecule has 1 aromatic rings. The predicted molar refractivity (Wildman–Crippen MR) is 71.6 cm³/mol. The molecule has 0 atom stereocenters. The first-order chi connectivity index (χ1) is 7.99. The van der Waals surface area contributed by atoms with Gasteiger partial charge in [0.05, 0.1) is 6.54 Å². The second-order valence-corrected chi connectivity index (χ2v) is 4.80. The van der Waals surface area contributed by atoms with Gasteiger partial charge in [-0.15, -0.1) is 0 Å². The van der Waals surface area contributed by atoms with Gasteiger partial charge in [0, 0.05) is 23.0 Å². The summed E-state index contributed by atoms with van der Waals surface area (Å²) in [5.74, 6) is 0.209. The van der Waals surface area contributed by atoms with E-state index in [4.69, 9.17) is 0 Å². The molecule has 0 unspecified atom stereocenters. The van der Waals surface area contributed by atoms with Gasteiger partial charge in [0.25, 0.3) is 0 Å². The average Bonchev–Trinajstić information content (AvgIpc) is 2.59. The van der Waals surface area contributed by atoms with Crippen LogP contribution in [0.4, 0.5) is 0 Å². The van der Waals surface area contributed by atoms with Crippen molar-refractivity contribution in [2.24, 2.45) is 0 Å². The van der Waals surface area contributed by atoms with Crippen molar-refractivity contribution < 1.29 is 4.79 Å². The van der Waals surface area contributed by atoms with E-state index < -0.39 is 0 Å². The highest BCUT2D eigenvalue weighted by atomic mass is 16.1. The number of Topliss-reactive ketones (excluding diaryl/α,β-unsaturated/α-hetero) is 1. The van der Waals surface area contributed by atoms with Crippen LogP contribution in [0.2, 0.25) is 0 Å². The van der Waals surface area contributed by atoms with Crippen LogP contribution in [0.15, 0.2) is 6.07 Å². The third kappa shape index (κ3) is 3.43. The van der Waals surface area contributed by atoms with E-state index in [2.05, 4.69) is 23.7 Å². The van der Waals surface area contributed by atoms with Crippen molar-refractivity contribution in [3.63, 3.8) is 0 Å². The summed E-state index contributed by atoms with van der Waals surface area (Å²) < 4.78 is 0. The van der Waals surface area contributed by atoms with E-state index in [-0.39, 0.29) is 5.78 Å². The molecule has 0 saturated carbocycles. The molecular weight excluding hydrogens is 212 g/mol. The Morgan fingerprint density at radius 1 is 1.35 bits per heavy atom. The summed E-state index contributed by atoms with van der Waals surface area (Å²) in [4.78, 5) is 17.5. The number of aryl methyl sites for hydroxylation is 2. The summed E-state index contributed by atoms with van der Waals surface area (Å²) in [6, 6.07) is 2.44. The number of hydrogen-bond acceptors (Lipinski definition) is 2. The molecule has 96 valence electrons. The van der Waals surface area contributed by atoms with Crippen LogP contribution in [0.25, 0.3) is 0 Å². The average molecular weight is 236 g/mol. The van der Waals surface area contributed by atoms with Gasteiger partial charge in [-0.2, -0.15) is 0 Å². The molecule has 0 aliphatic rings. The molecule has 3 heteroatoms. The molecule has 1 aromatic heterocycles. The Morgan fingerprint density at radius 3 is 2.35 bits per heavy atom. The zero-order valence-electron chi connectivity index (χ0n) is 11.6. The number of nitrogens with zero attached hydrogens (tertiary/aromatic N) is 1. The van der Waals surface area contributed by atoms with Gasteiger partial charge in [0.2, 0.25) is 0 Å². The fourth-order valence-corrected chi connectivity index (χ4v) is 2.37. The third-order valence-electron chi connectivity index (χ3n) is 3.41. The number of aromatic nitrogens is 1. The van der Waals surface area contributed by atoms with E-state index in [0.717, 1.165) is 29.8 Å². The second-order valence-electron chi connectivity index (χ2n) is 4.80. The molecule has 0 aliphatic carbocycles. The highest BCUT2D eigenvalue weighted by Gasteiger charge is 2.17. The van der Waals surface area contributed by atoms with E-state index in [9.17, 15) is 4.79 Å². The number of nitrogens with one attached hydrogen (secondary N) is 1. The molecule has 0 amide bonds. The Bertz CT molecular complexity index is 378. The molecule has 0 aliphatic heterocycles. The number of ketones is 1. The van der Waals surface area contributed by atoms with Crippen molar-refractivity contribution in [1.29, 1.82) is 0 Å². The normalized spacial score (nSPS) is 11.5. The Morgan fingerprint density at radius 2 is 1.94 bits per heavy atom. The lowest BCUT2D eigenvalue weighted by atomic mass is 10.1. The van der Waals surface area contributed by atoms with Crippen LogP contribution in [0, 0.1) is 13.8 Å². The fraction of sp³-hybridized carbons (Fsp3) is 0.643. The van der Waals surface area contributed by atoms with Gasteiger partial charge < -0.3 is 4.98 Å². The number of likely N-dealkylation sites (N-methyl/N-ethyl adjacent to an activating group) is 1. The lowest BCUT2D eigenvalue weighted by molar-refractivity contribution is 0.0915. The number of carbonyl (C=O) groups is 1. The zero-order chi connectivity index (χ0) is 13.0. The van der Waals surface area contributed by atoms with Crippen LogP contribution in [0.1, 0.15) is 48.4 Å². The molecule has 0 aromatic carbocycles. The van der Waals surface area contributed by atoms with Crippen molar-refractivity contribution in [3.05, 3.63) is 23.0 Å². The molecule has 1 heterocycles. The number of carbonyl (C=O) groups excluding carboxylic acids is 1. The maximum Gasteiger partial charge on any atom is 0.178 e.